The maximum Gasteiger partial charge on any atom is 0.416 e. The summed E-state index contributed by atoms with van der Waals surface area (Å²) in [5, 5.41) is 6.36. The van der Waals surface area contributed by atoms with Crippen LogP contribution in [-0.4, -0.2) is 64.5 Å². The van der Waals surface area contributed by atoms with Gasteiger partial charge in [0.1, 0.15) is 17.9 Å². The number of urea groups is 1. The van der Waals surface area contributed by atoms with Gasteiger partial charge >= 0.3 is 18.4 Å². The average Bonchev–Trinajstić information content (AvgIpc) is 3.64. The average molecular weight is 696 g/mol. The Morgan fingerprint density at radius 3 is 2.42 bits per heavy atom. The van der Waals surface area contributed by atoms with E-state index in [-0.39, 0.29) is 45.1 Å². The van der Waals surface area contributed by atoms with Crippen molar-refractivity contribution in [3.63, 3.8) is 0 Å². The highest BCUT2D eigenvalue weighted by atomic mass is 32.2. The van der Waals surface area contributed by atoms with Gasteiger partial charge in [0.25, 0.3) is 0 Å². The van der Waals surface area contributed by atoms with Crippen LogP contribution in [0, 0.1) is 5.82 Å². The number of amides is 3. The number of carbonyl (C=O) groups is 2. The number of amidine groups is 1. The Hall–Kier alpha value is -5.13. The number of hydrogen-bond acceptors (Lipinski definition) is 7. The molecule has 1 aliphatic heterocycles. The maximum atomic E-state index is 15.1. The van der Waals surface area contributed by atoms with E-state index in [0.29, 0.717) is 5.69 Å². The number of rotatable bonds is 8. The molecule has 1 saturated heterocycles. The molecule has 18 heteroatoms. The second-order valence-electron chi connectivity index (χ2n) is 10.4. The first-order valence-corrected chi connectivity index (χ1v) is 14.8. The van der Waals surface area contributed by atoms with Gasteiger partial charge < -0.3 is 15.0 Å². The molecule has 4 aromatic rings. The summed E-state index contributed by atoms with van der Waals surface area (Å²) in [5.74, 6) is -1.52. The number of ether oxygens (including phenoxy) is 1. The van der Waals surface area contributed by atoms with Crippen LogP contribution in [0.5, 0.6) is 5.75 Å². The van der Waals surface area contributed by atoms with E-state index >= 15 is 4.39 Å². The molecule has 2 heterocycles. The number of nitrogens with one attached hydrogen (secondary N) is 1. The highest BCUT2D eigenvalue weighted by molar-refractivity contribution is 8.15. The Bertz CT molecular complexity index is 1860. The summed E-state index contributed by atoms with van der Waals surface area (Å²) in [5.41, 5.74) is 0.0351. The molecule has 5 rings (SSSR count). The van der Waals surface area contributed by atoms with Crippen LogP contribution >= 0.6 is 11.8 Å². The molecule has 0 aliphatic carbocycles. The maximum absolute atomic E-state index is 15.1. The molecule has 1 fully saturated rings. The Balaban J connectivity index is 1.33. The number of aromatic nitrogens is 3. The smallest absolute Gasteiger partial charge is 0.416 e. The molecule has 252 valence electrons. The molecule has 0 atom stereocenters. The van der Waals surface area contributed by atoms with Crippen molar-refractivity contribution in [3.8, 4) is 22.8 Å². The highest BCUT2D eigenvalue weighted by Crippen LogP contribution is 2.38. The van der Waals surface area contributed by atoms with E-state index in [2.05, 4.69) is 20.4 Å². The Morgan fingerprint density at radius 1 is 1.04 bits per heavy atom. The van der Waals surface area contributed by atoms with Crippen molar-refractivity contribution in [2.24, 2.45) is 4.99 Å². The molecule has 0 spiro atoms. The fraction of sp³-hybridized carbons (Fsp3) is 0.233. The van der Waals surface area contributed by atoms with Gasteiger partial charge in [0.2, 0.25) is 5.91 Å². The van der Waals surface area contributed by atoms with Crippen LogP contribution < -0.4 is 19.9 Å². The lowest BCUT2D eigenvalue weighted by atomic mass is 10.2. The fourth-order valence-corrected chi connectivity index (χ4v) is 5.21. The van der Waals surface area contributed by atoms with E-state index in [9.17, 15) is 35.9 Å². The third-order valence-corrected chi connectivity index (χ3v) is 7.65. The number of thioether (sulfide) groups is 1. The number of halogens is 7. The zero-order chi connectivity index (χ0) is 34.8. The number of anilines is 3. The van der Waals surface area contributed by atoms with Crippen LogP contribution in [0.25, 0.3) is 17.1 Å². The summed E-state index contributed by atoms with van der Waals surface area (Å²) < 4.78 is 98.5. The van der Waals surface area contributed by atoms with Gasteiger partial charge in [-0.25, -0.2) is 18.9 Å². The van der Waals surface area contributed by atoms with Crippen molar-refractivity contribution in [2.45, 2.75) is 18.8 Å². The number of aliphatic imine (C=N–C) groups is 1. The molecule has 1 aromatic heterocycles. The molecule has 10 nitrogen and oxygen atoms in total. The van der Waals surface area contributed by atoms with Gasteiger partial charge in [-0.15, -0.1) is 5.10 Å². The Morgan fingerprint density at radius 2 is 1.77 bits per heavy atom. The summed E-state index contributed by atoms with van der Waals surface area (Å²) >= 11 is 0.898. The lowest BCUT2D eigenvalue weighted by Gasteiger charge is -2.23. The predicted molar refractivity (Wildman–Crippen MR) is 165 cm³/mol. The summed E-state index contributed by atoms with van der Waals surface area (Å²) in [6.45, 7) is -0.708. The van der Waals surface area contributed by atoms with Crippen molar-refractivity contribution < 1.29 is 45.1 Å². The normalized spacial score (nSPS) is 14.5. The van der Waals surface area contributed by atoms with Crippen LogP contribution in [0.4, 0.5) is 52.6 Å². The molecule has 0 bridgehead atoms. The van der Waals surface area contributed by atoms with Gasteiger partial charge in [0.15, 0.2) is 11.0 Å². The number of carbonyl (C=O) groups excluding carboxylic acids is 2. The van der Waals surface area contributed by atoms with Gasteiger partial charge in [-0.1, -0.05) is 11.8 Å². The quantitative estimate of drug-likeness (QED) is 0.195. The molecular weight excluding hydrogens is 671 g/mol. The Labute approximate surface area is 272 Å². The van der Waals surface area contributed by atoms with E-state index < -0.39 is 48.7 Å². The lowest BCUT2D eigenvalue weighted by Crippen LogP contribution is -2.31. The SMILES string of the molecule is CN(C)c1ccc(OCCC(F)(F)F)c(N2C(=O)CSC2=NC(=O)Nc2ccc(-c3ncn(-c4ccc(C(F)(F)F)cc4)n3)cc2F)c1. The van der Waals surface area contributed by atoms with Gasteiger partial charge in [0, 0.05) is 25.3 Å². The first-order chi connectivity index (χ1) is 22.6. The van der Waals surface area contributed by atoms with E-state index in [1.165, 1.54) is 47.4 Å². The summed E-state index contributed by atoms with van der Waals surface area (Å²) in [6.07, 6.45) is -8.95. The van der Waals surface area contributed by atoms with Crippen LogP contribution in [-0.2, 0) is 11.0 Å². The third-order valence-electron chi connectivity index (χ3n) is 6.73. The summed E-state index contributed by atoms with van der Waals surface area (Å²) in [6, 6.07) is 11.3. The van der Waals surface area contributed by atoms with Crippen molar-refractivity contribution in [1.29, 1.82) is 0 Å². The van der Waals surface area contributed by atoms with Crippen LogP contribution in [0.15, 0.2) is 72.0 Å². The third kappa shape index (κ3) is 8.04. The fourth-order valence-electron chi connectivity index (χ4n) is 4.35. The Kier molecular flexibility index (Phi) is 9.65. The lowest BCUT2D eigenvalue weighted by molar-refractivity contribution is -0.139. The number of alkyl halides is 6. The highest BCUT2D eigenvalue weighted by Gasteiger charge is 2.34. The number of hydrogen-bond donors (Lipinski definition) is 1. The molecule has 3 amide bonds. The second kappa shape index (κ2) is 13.5. The monoisotopic (exact) mass is 695 g/mol. The molecule has 3 aromatic carbocycles. The first kappa shape index (κ1) is 34.2. The molecular formula is C30H24F7N7O3S. The van der Waals surface area contributed by atoms with Gasteiger partial charge in [-0.3, -0.25) is 9.69 Å². The molecule has 1 N–H and O–H groups in total. The van der Waals surface area contributed by atoms with E-state index in [1.54, 1.807) is 25.1 Å². The zero-order valence-electron chi connectivity index (χ0n) is 24.9. The molecule has 0 unspecified atom stereocenters. The van der Waals surface area contributed by atoms with Gasteiger partial charge in [0.05, 0.1) is 41.4 Å². The topological polar surface area (TPSA) is 105 Å². The number of nitrogens with zero attached hydrogens (tertiary/aromatic N) is 6. The molecule has 1 aliphatic rings. The van der Waals surface area contributed by atoms with E-state index in [1.807, 2.05) is 0 Å². The van der Waals surface area contributed by atoms with Crippen molar-refractivity contribution >= 4 is 45.9 Å². The van der Waals surface area contributed by atoms with E-state index in [4.69, 9.17) is 4.74 Å². The minimum absolute atomic E-state index is 0.0372. The van der Waals surface area contributed by atoms with E-state index in [0.717, 1.165) is 34.9 Å². The summed E-state index contributed by atoms with van der Waals surface area (Å²) in [4.78, 5) is 36.5. The molecule has 0 saturated carbocycles. The largest absolute Gasteiger partial charge is 0.491 e. The predicted octanol–water partition coefficient (Wildman–Crippen LogP) is 7.16. The van der Waals surface area contributed by atoms with Crippen LogP contribution in [0.1, 0.15) is 12.0 Å². The van der Waals surface area contributed by atoms with Gasteiger partial charge in [-0.2, -0.15) is 31.3 Å². The minimum atomic E-state index is -4.50. The number of benzene rings is 3. The van der Waals surface area contributed by atoms with Crippen LogP contribution in [0.3, 0.4) is 0 Å². The zero-order valence-corrected chi connectivity index (χ0v) is 25.8. The summed E-state index contributed by atoms with van der Waals surface area (Å²) in [7, 11) is 3.43. The molecule has 48 heavy (non-hydrogen) atoms. The van der Waals surface area contributed by atoms with Crippen molar-refractivity contribution in [2.75, 3.05) is 41.6 Å². The van der Waals surface area contributed by atoms with Gasteiger partial charge in [-0.05, 0) is 60.7 Å². The standard InChI is InChI=1S/C30H24F7N7O3S/c1-42(2)20-8-10-24(47-12-11-29(32,33)34)23(14-20)44-25(45)15-48-28(44)40-27(46)39-22-9-3-17(13-21(22)31)26-38-16-43(41-26)19-6-4-18(5-7-19)30(35,36)37/h3-10,13-14,16H,11-12,15H2,1-2H3,(H,39,46). The first-order valence-electron chi connectivity index (χ1n) is 13.8. The minimum Gasteiger partial charge on any atom is -0.491 e. The molecule has 0 radical (unpaired) electrons. The second-order valence-corrected chi connectivity index (χ2v) is 11.3. The van der Waals surface area contributed by atoms with Crippen molar-refractivity contribution in [1.82, 2.24) is 14.8 Å². The van der Waals surface area contributed by atoms with Crippen LogP contribution in [0.2, 0.25) is 0 Å². The van der Waals surface area contributed by atoms with Crippen molar-refractivity contribution in [3.05, 3.63) is 78.4 Å².